The van der Waals surface area contributed by atoms with Gasteiger partial charge in [0, 0.05) is 18.4 Å². The summed E-state index contributed by atoms with van der Waals surface area (Å²) in [4.78, 5) is 23.9. The summed E-state index contributed by atoms with van der Waals surface area (Å²) < 4.78 is 43.5. The average Bonchev–Trinajstić information content (AvgIpc) is 3.25. The van der Waals surface area contributed by atoms with E-state index in [0.717, 1.165) is 0 Å². The molecule has 172 valence electrons. The number of esters is 1. The molecule has 1 atom stereocenters. The molecular weight excluding hydrogens is 444 g/mol. The molecule has 31 heavy (non-hydrogen) atoms. The molecule has 1 aromatic carbocycles. The first-order valence-electron chi connectivity index (χ1n) is 9.55. The van der Waals surface area contributed by atoms with E-state index < -0.39 is 22.0 Å². The quantitative estimate of drug-likeness (QED) is 0.427. The molecule has 1 saturated heterocycles. The van der Waals surface area contributed by atoms with Crippen molar-refractivity contribution in [3.8, 4) is 11.5 Å². The van der Waals surface area contributed by atoms with E-state index >= 15 is 0 Å². The number of amides is 1. The molecule has 0 aliphatic carbocycles. The van der Waals surface area contributed by atoms with Crippen molar-refractivity contribution < 1.29 is 32.2 Å². The van der Waals surface area contributed by atoms with Crippen LogP contribution in [-0.4, -0.2) is 70.1 Å². The van der Waals surface area contributed by atoms with E-state index in [4.69, 9.17) is 9.47 Å². The zero-order valence-corrected chi connectivity index (χ0v) is 19.8. The molecule has 1 fully saturated rings. The molecule has 1 N–H and O–H groups in total. The molecule has 0 saturated carbocycles. The summed E-state index contributed by atoms with van der Waals surface area (Å²) in [6, 6.07) is 2.09. The molecule has 1 aliphatic rings. The van der Waals surface area contributed by atoms with Crippen molar-refractivity contribution in [3.05, 3.63) is 23.8 Å². The summed E-state index contributed by atoms with van der Waals surface area (Å²) in [5.41, 5.74) is 0.397. The molecule has 2 rings (SSSR count). The predicted molar refractivity (Wildman–Crippen MR) is 119 cm³/mol. The minimum atomic E-state index is -4.12. The van der Waals surface area contributed by atoms with Crippen LogP contribution in [0.2, 0.25) is 0 Å². The van der Waals surface area contributed by atoms with Crippen LogP contribution in [0.3, 0.4) is 0 Å². The van der Waals surface area contributed by atoms with Crippen LogP contribution in [-0.2, 0) is 24.3 Å². The van der Waals surface area contributed by atoms with Gasteiger partial charge in [-0.15, -0.1) is 11.8 Å². The van der Waals surface area contributed by atoms with Crippen molar-refractivity contribution >= 4 is 39.7 Å². The fourth-order valence-corrected chi connectivity index (χ4v) is 6.24. The van der Waals surface area contributed by atoms with Gasteiger partial charge in [-0.1, -0.05) is 13.8 Å². The maximum Gasteiger partial charge on any atom is 0.330 e. The third-order valence-corrected chi connectivity index (χ3v) is 7.53. The largest absolute Gasteiger partial charge is 0.493 e. The van der Waals surface area contributed by atoms with Crippen LogP contribution in [0.25, 0.3) is 6.08 Å². The lowest BCUT2D eigenvalue weighted by atomic mass is 10.2. The van der Waals surface area contributed by atoms with Crippen molar-refractivity contribution in [2.45, 2.75) is 24.8 Å². The van der Waals surface area contributed by atoms with E-state index in [2.05, 4.69) is 10.1 Å². The van der Waals surface area contributed by atoms with E-state index in [1.54, 1.807) is 6.07 Å². The number of hydrogen-bond donors (Lipinski definition) is 1. The van der Waals surface area contributed by atoms with Gasteiger partial charge in [-0.25, -0.2) is 13.2 Å². The Morgan fingerprint density at radius 2 is 1.97 bits per heavy atom. The molecule has 1 aromatic rings. The maximum atomic E-state index is 13.6. The van der Waals surface area contributed by atoms with Crippen LogP contribution in [0.4, 0.5) is 0 Å². The summed E-state index contributed by atoms with van der Waals surface area (Å²) in [6.07, 6.45) is 2.59. The number of sulfonamides is 1. The SMILES string of the molecule is COC(=O)/C=C/c1cc(OC)c(OC)c(S(=O)(=O)N2CSCC2C(=O)NCC(C)C)c1. The second kappa shape index (κ2) is 10.9. The highest BCUT2D eigenvalue weighted by Crippen LogP contribution is 2.39. The van der Waals surface area contributed by atoms with Gasteiger partial charge in [0.25, 0.3) is 0 Å². The van der Waals surface area contributed by atoms with Gasteiger partial charge in [0.2, 0.25) is 15.9 Å². The number of carbonyl (C=O) groups excluding carboxylic acids is 2. The number of benzene rings is 1. The first-order chi connectivity index (χ1) is 14.6. The fraction of sp³-hybridized carbons (Fsp3) is 0.500. The Labute approximate surface area is 187 Å². The zero-order valence-electron chi connectivity index (χ0n) is 18.2. The second-order valence-electron chi connectivity index (χ2n) is 7.16. The van der Waals surface area contributed by atoms with Gasteiger partial charge in [0.15, 0.2) is 11.5 Å². The summed E-state index contributed by atoms with van der Waals surface area (Å²) in [5, 5.41) is 2.80. The summed E-state index contributed by atoms with van der Waals surface area (Å²) in [7, 11) is -0.150. The second-order valence-corrected chi connectivity index (χ2v) is 10.0. The van der Waals surface area contributed by atoms with E-state index in [9.17, 15) is 18.0 Å². The molecule has 1 amide bonds. The predicted octanol–water partition coefficient (Wildman–Crippen LogP) is 1.73. The van der Waals surface area contributed by atoms with Gasteiger partial charge in [-0.05, 0) is 29.7 Å². The smallest absolute Gasteiger partial charge is 0.330 e. The van der Waals surface area contributed by atoms with Gasteiger partial charge in [0.1, 0.15) is 10.9 Å². The number of nitrogens with zero attached hydrogens (tertiary/aromatic N) is 1. The molecular formula is C20H28N2O7S2. The lowest BCUT2D eigenvalue weighted by Gasteiger charge is -2.24. The van der Waals surface area contributed by atoms with Crippen molar-refractivity contribution in [2.24, 2.45) is 5.92 Å². The normalized spacial score (nSPS) is 17.2. The Balaban J connectivity index is 2.49. The third kappa shape index (κ3) is 5.92. The van der Waals surface area contributed by atoms with Crippen molar-refractivity contribution in [1.29, 1.82) is 0 Å². The number of nitrogens with one attached hydrogen (secondary N) is 1. The molecule has 0 aromatic heterocycles. The van der Waals surface area contributed by atoms with Gasteiger partial charge in [0.05, 0.1) is 27.2 Å². The summed E-state index contributed by atoms with van der Waals surface area (Å²) in [5.74, 6) is 0.00902. The number of thioether (sulfide) groups is 1. The minimum absolute atomic E-state index is 0.0240. The molecule has 1 heterocycles. The summed E-state index contributed by atoms with van der Waals surface area (Å²) in [6.45, 7) is 4.38. The van der Waals surface area contributed by atoms with E-state index in [0.29, 0.717) is 17.9 Å². The Morgan fingerprint density at radius 1 is 1.26 bits per heavy atom. The molecule has 0 spiro atoms. The van der Waals surface area contributed by atoms with Crippen molar-refractivity contribution in [3.63, 3.8) is 0 Å². The molecule has 11 heteroatoms. The first kappa shape index (κ1) is 25.0. The number of methoxy groups -OCH3 is 3. The first-order valence-corrected chi connectivity index (χ1v) is 12.1. The van der Waals surface area contributed by atoms with Crippen LogP contribution >= 0.6 is 11.8 Å². The Morgan fingerprint density at radius 3 is 2.55 bits per heavy atom. The van der Waals surface area contributed by atoms with Crippen LogP contribution in [0.5, 0.6) is 11.5 Å². The third-order valence-electron chi connectivity index (χ3n) is 4.50. The number of hydrogen-bond acceptors (Lipinski definition) is 8. The van der Waals surface area contributed by atoms with Crippen LogP contribution in [0, 0.1) is 5.92 Å². The van der Waals surface area contributed by atoms with Gasteiger partial charge < -0.3 is 19.5 Å². The molecule has 0 radical (unpaired) electrons. The monoisotopic (exact) mass is 472 g/mol. The number of ether oxygens (including phenoxy) is 3. The zero-order chi connectivity index (χ0) is 23.2. The Hall–Kier alpha value is -2.24. The highest BCUT2D eigenvalue weighted by atomic mass is 32.2. The van der Waals surface area contributed by atoms with E-state index in [1.807, 2.05) is 13.8 Å². The van der Waals surface area contributed by atoms with Crippen molar-refractivity contribution in [2.75, 3.05) is 39.5 Å². The Bertz CT molecular complexity index is 945. The van der Waals surface area contributed by atoms with Crippen molar-refractivity contribution in [1.82, 2.24) is 9.62 Å². The fourth-order valence-electron chi connectivity index (χ4n) is 2.89. The van der Waals surface area contributed by atoms with Crippen LogP contribution in [0.1, 0.15) is 19.4 Å². The molecule has 1 unspecified atom stereocenters. The maximum absolute atomic E-state index is 13.6. The van der Waals surface area contributed by atoms with Crippen LogP contribution in [0.15, 0.2) is 23.1 Å². The summed E-state index contributed by atoms with van der Waals surface area (Å²) >= 11 is 1.36. The topological polar surface area (TPSA) is 111 Å². The van der Waals surface area contributed by atoms with Gasteiger partial charge in [-0.2, -0.15) is 4.31 Å². The van der Waals surface area contributed by atoms with Crippen LogP contribution < -0.4 is 14.8 Å². The lowest BCUT2D eigenvalue weighted by Crippen LogP contribution is -2.47. The Kier molecular flexibility index (Phi) is 8.78. The standard InChI is InChI=1S/C20H28N2O7S2/c1-13(2)10-21-20(24)15-11-30-12-22(15)31(25,26)17-9-14(6-7-18(23)28-4)8-16(27-3)19(17)29-5/h6-9,13,15H,10-12H2,1-5H3,(H,21,24)/b7-6+. The highest BCUT2D eigenvalue weighted by Gasteiger charge is 2.41. The molecule has 9 nitrogen and oxygen atoms in total. The molecule has 1 aliphatic heterocycles. The van der Waals surface area contributed by atoms with E-state index in [-0.39, 0.29) is 34.1 Å². The van der Waals surface area contributed by atoms with E-state index in [1.165, 1.54) is 55.6 Å². The highest BCUT2D eigenvalue weighted by molar-refractivity contribution is 8.00. The minimum Gasteiger partial charge on any atom is -0.493 e. The van der Waals surface area contributed by atoms with Gasteiger partial charge in [-0.3, -0.25) is 4.79 Å². The molecule has 0 bridgehead atoms. The average molecular weight is 473 g/mol. The number of carbonyl (C=O) groups is 2. The lowest BCUT2D eigenvalue weighted by molar-refractivity contribution is -0.134. The van der Waals surface area contributed by atoms with Gasteiger partial charge >= 0.3 is 5.97 Å². The number of rotatable bonds is 9.